The number of hydrogen-bond acceptors (Lipinski definition) is 4. The van der Waals surface area contributed by atoms with Gasteiger partial charge in [-0.2, -0.15) is 0 Å². The van der Waals surface area contributed by atoms with E-state index in [9.17, 15) is 9.59 Å². The minimum atomic E-state index is -0.702. The van der Waals surface area contributed by atoms with Crippen molar-refractivity contribution >= 4 is 17.6 Å². The number of rotatable bonds is 5. The van der Waals surface area contributed by atoms with E-state index in [1.54, 1.807) is 31.2 Å². The van der Waals surface area contributed by atoms with Gasteiger partial charge in [-0.05, 0) is 50.2 Å². The summed E-state index contributed by atoms with van der Waals surface area (Å²) in [4.78, 5) is 23.5. The van der Waals surface area contributed by atoms with E-state index >= 15 is 0 Å². The molecular formula is C18H19NO4. The predicted octanol–water partition coefficient (Wildman–Crippen LogP) is 3.19. The number of esters is 1. The Balaban J connectivity index is 1.99. The monoisotopic (exact) mass is 313 g/mol. The van der Waals surface area contributed by atoms with Crippen LogP contribution in [0, 0.1) is 6.92 Å². The molecule has 1 atom stereocenters. The number of ether oxygens (including phenoxy) is 2. The second-order valence-corrected chi connectivity index (χ2v) is 5.13. The molecule has 2 rings (SSSR count). The van der Waals surface area contributed by atoms with Gasteiger partial charge < -0.3 is 14.8 Å². The second-order valence-electron chi connectivity index (χ2n) is 5.13. The summed E-state index contributed by atoms with van der Waals surface area (Å²) < 4.78 is 10.0. The van der Waals surface area contributed by atoms with E-state index in [4.69, 9.17) is 4.74 Å². The highest BCUT2D eigenvalue weighted by atomic mass is 16.6. The molecule has 0 fully saturated rings. The Morgan fingerprint density at radius 2 is 1.61 bits per heavy atom. The Morgan fingerprint density at radius 1 is 1.00 bits per heavy atom. The molecule has 5 heteroatoms. The SMILES string of the molecule is COC(=O)[C@@H](C)Oc1ccc(C(=O)Nc2ccc(C)cc2)cc1. The lowest BCUT2D eigenvalue weighted by molar-refractivity contribution is -0.147. The molecule has 0 aliphatic heterocycles. The van der Waals surface area contributed by atoms with Crippen molar-refractivity contribution in [2.24, 2.45) is 0 Å². The van der Waals surface area contributed by atoms with Crippen molar-refractivity contribution in [2.75, 3.05) is 12.4 Å². The first-order chi connectivity index (χ1) is 11.0. The molecule has 1 N–H and O–H groups in total. The Labute approximate surface area is 135 Å². The second kappa shape index (κ2) is 7.45. The lowest BCUT2D eigenvalue weighted by Gasteiger charge is -2.12. The molecule has 0 aromatic heterocycles. The fourth-order valence-corrected chi connectivity index (χ4v) is 1.94. The predicted molar refractivity (Wildman–Crippen MR) is 87.7 cm³/mol. The molecule has 1 amide bonds. The number of amides is 1. The van der Waals surface area contributed by atoms with Crippen LogP contribution >= 0.6 is 0 Å². The number of hydrogen-bond donors (Lipinski definition) is 1. The largest absolute Gasteiger partial charge is 0.479 e. The van der Waals surface area contributed by atoms with Crippen LogP contribution in [0.25, 0.3) is 0 Å². The smallest absolute Gasteiger partial charge is 0.346 e. The highest BCUT2D eigenvalue weighted by Gasteiger charge is 2.15. The fraction of sp³-hybridized carbons (Fsp3) is 0.222. The first kappa shape index (κ1) is 16.5. The third-order valence-electron chi connectivity index (χ3n) is 3.27. The summed E-state index contributed by atoms with van der Waals surface area (Å²) in [6, 6.07) is 14.1. The molecule has 2 aromatic carbocycles. The minimum absolute atomic E-state index is 0.207. The van der Waals surface area contributed by atoms with Gasteiger partial charge in [0.05, 0.1) is 7.11 Å². The summed E-state index contributed by atoms with van der Waals surface area (Å²) >= 11 is 0. The summed E-state index contributed by atoms with van der Waals surface area (Å²) in [7, 11) is 1.31. The van der Waals surface area contributed by atoms with Gasteiger partial charge in [0, 0.05) is 11.3 Å². The number of methoxy groups -OCH3 is 1. The van der Waals surface area contributed by atoms with Gasteiger partial charge in [0.15, 0.2) is 6.10 Å². The molecule has 0 bridgehead atoms. The summed E-state index contributed by atoms with van der Waals surface area (Å²) in [6.45, 7) is 3.59. The van der Waals surface area contributed by atoms with Crippen LogP contribution < -0.4 is 10.1 Å². The summed E-state index contributed by atoms with van der Waals surface area (Å²) in [5.41, 5.74) is 2.37. The van der Waals surface area contributed by atoms with Crippen LogP contribution in [-0.2, 0) is 9.53 Å². The van der Waals surface area contributed by atoms with Crippen LogP contribution in [0.15, 0.2) is 48.5 Å². The zero-order valence-corrected chi connectivity index (χ0v) is 13.3. The van der Waals surface area contributed by atoms with Crippen LogP contribution in [0.3, 0.4) is 0 Å². The molecule has 0 radical (unpaired) electrons. The van der Waals surface area contributed by atoms with Gasteiger partial charge in [0.2, 0.25) is 0 Å². The zero-order chi connectivity index (χ0) is 16.8. The normalized spacial score (nSPS) is 11.4. The molecule has 0 unspecified atom stereocenters. The summed E-state index contributed by atoms with van der Waals surface area (Å²) in [6.07, 6.45) is -0.702. The Bertz CT molecular complexity index is 677. The summed E-state index contributed by atoms with van der Waals surface area (Å²) in [5, 5.41) is 2.82. The van der Waals surface area contributed by atoms with Crippen molar-refractivity contribution in [2.45, 2.75) is 20.0 Å². The van der Waals surface area contributed by atoms with Crippen LogP contribution in [0.2, 0.25) is 0 Å². The van der Waals surface area contributed by atoms with Crippen LogP contribution in [-0.4, -0.2) is 25.1 Å². The lowest BCUT2D eigenvalue weighted by Crippen LogP contribution is -2.24. The Morgan fingerprint density at radius 3 is 2.17 bits per heavy atom. The summed E-state index contributed by atoms with van der Waals surface area (Å²) in [5.74, 6) is -0.164. The number of carbonyl (C=O) groups is 2. The van der Waals surface area contributed by atoms with Crippen molar-refractivity contribution in [1.29, 1.82) is 0 Å². The average molecular weight is 313 g/mol. The molecule has 0 heterocycles. The van der Waals surface area contributed by atoms with E-state index in [2.05, 4.69) is 10.1 Å². The first-order valence-electron chi connectivity index (χ1n) is 7.22. The van der Waals surface area contributed by atoms with Crippen molar-refractivity contribution in [3.63, 3.8) is 0 Å². The molecule has 0 saturated carbocycles. The van der Waals surface area contributed by atoms with Gasteiger partial charge >= 0.3 is 5.97 Å². The van der Waals surface area contributed by atoms with Gasteiger partial charge in [0.25, 0.3) is 5.91 Å². The molecule has 0 aliphatic carbocycles. The molecule has 2 aromatic rings. The number of carbonyl (C=O) groups excluding carboxylic acids is 2. The van der Waals surface area contributed by atoms with E-state index < -0.39 is 12.1 Å². The minimum Gasteiger partial charge on any atom is -0.479 e. The van der Waals surface area contributed by atoms with Crippen molar-refractivity contribution in [1.82, 2.24) is 0 Å². The molecule has 0 spiro atoms. The molecular weight excluding hydrogens is 294 g/mol. The molecule has 0 saturated heterocycles. The first-order valence-corrected chi connectivity index (χ1v) is 7.22. The van der Waals surface area contributed by atoms with E-state index in [0.29, 0.717) is 11.3 Å². The number of nitrogens with one attached hydrogen (secondary N) is 1. The van der Waals surface area contributed by atoms with Crippen LogP contribution in [0.1, 0.15) is 22.8 Å². The molecule has 5 nitrogen and oxygen atoms in total. The fourth-order valence-electron chi connectivity index (χ4n) is 1.94. The third kappa shape index (κ3) is 4.57. The van der Waals surface area contributed by atoms with E-state index in [1.165, 1.54) is 7.11 Å². The Kier molecular flexibility index (Phi) is 5.36. The highest BCUT2D eigenvalue weighted by Crippen LogP contribution is 2.16. The molecule has 23 heavy (non-hydrogen) atoms. The van der Waals surface area contributed by atoms with Gasteiger partial charge in [-0.1, -0.05) is 17.7 Å². The van der Waals surface area contributed by atoms with Gasteiger partial charge in [-0.25, -0.2) is 4.79 Å². The van der Waals surface area contributed by atoms with Gasteiger partial charge in [0.1, 0.15) is 5.75 Å². The maximum atomic E-state index is 12.2. The molecule has 120 valence electrons. The van der Waals surface area contributed by atoms with Crippen LogP contribution in [0.4, 0.5) is 5.69 Å². The van der Waals surface area contributed by atoms with Crippen molar-refractivity contribution in [3.05, 3.63) is 59.7 Å². The number of anilines is 1. The number of benzene rings is 2. The standard InChI is InChI=1S/C18H19NO4/c1-12-4-8-15(9-5-12)19-17(20)14-6-10-16(11-7-14)23-13(2)18(21)22-3/h4-11,13H,1-3H3,(H,19,20)/t13-/m1/s1. The van der Waals surface area contributed by atoms with E-state index in [-0.39, 0.29) is 5.91 Å². The maximum absolute atomic E-state index is 12.2. The lowest BCUT2D eigenvalue weighted by atomic mass is 10.2. The number of aryl methyl sites for hydroxylation is 1. The maximum Gasteiger partial charge on any atom is 0.346 e. The van der Waals surface area contributed by atoms with Crippen molar-refractivity contribution < 1.29 is 19.1 Å². The highest BCUT2D eigenvalue weighted by molar-refractivity contribution is 6.04. The van der Waals surface area contributed by atoms with Crippen molar-refractivity contribution in [3.8, 4) is 5.75 Å². The average Bonchev–Trinajstić information content (AvgIpc) is 2.56. The van der Waals surface area contributed by atoms with E-state index in [0.717, 1.165) is 11.3 Å². The quantitative estimate of drug-likeness (QED) is 0.861. The van der Waals surface area contributed by atoms with Gasteiger partial charge in [-0.15, -0.1) is 0 Å². The Hall–Kier alpha value is -2.82. The molecule has 0 aliphatic rings. The topological polar surface area (TPSA) is 64.6 Å². The van der Waals surface area contributed by atoms with E-state index in [1.807, 2.05) is 31.2 Å². The third-order valence-corrected chi connectivity index (χ3v) is 3.27. The van der Waals surface area contributed by atoms with Gasteiger partial charge in [-0.3, -0.25) is 4.79 Å². The zero-order valence-electron chi connectivity index (χ0n) is 13.3. The van der Waals surface area contributed by atoms with Crippen LogP contribution in [0.5, 0.6) is 5.75 Å².